The third kappa shape index (κ3) is 2.69. The molecule has 1 aromatic heterocycles. The van der Waals surface area contributed by atoms with Gasteiger partial charge in [0.1, 0.15) is 5.60 Å². The molecule has 0 bridgehead atoms. The first kappa shape index (κ1) is 13.5. The van der Waals surface area contributed by atoms with Gasteiger partial charge in [0.25, 0.3) is 0 Å². The summed E-state index contributed by atoms with van der Waals surface area (Å²) in [7, 11) is 0. The number of aromatic nitrogens is 1. The Kier molecular flexibility index (Phi) is 3.72. The quantitative estimate of drug-likeness (QED) is 0.840. The molecule has 2 saturated heterocycles. The second-order valence-corrected chi connectivity index (χ2v) is 5.68. The molecule has 0 radical (unpaired) electrons. The first-order valence-electron chi connectivity index (χ1n) is 7.31. The van der Waals surface area contributed by atoms with E-state index in [1.807, 2.05) is 19.2 Å². The molecule has 2 aliphatic rings. The Balaban J connectivity index is 1.56. The number of carbonyl (C=O) groups is 1. The number of rotatable bonds is 3. The lowest BCUT2D eigenvalue weighted by molar-refractivity contribution is -0.208. The number of hydrogen-bond acceptors (Lipinski definition) is 4. The molecule has 2 aliphatic heterocycles. The van der Waals surface area contributed by atoms with Crippen molar-refractivity contribution in [1.82, 2.24) is 14.9 Å². The van der Waals surface area contributed by atoms with Gasteiger partial charge in [-0.25, -0.2) is 5.06 Å². The van der Waals surface area contributed by atoms with E-state index in [4.69, 9.17) is 4.84 Å². The zero-order valence-electron chi connectivity index (χ0n) is 11.9. The van der Waals surface area contributed by atoms with Crippen LogP contribution < -0.4 is 0 Å². The van der Waals surface area contributed by atoms with Crippen LogP contribution in [0.25, 0.3) is 0 Å². The third-order valence-corrected chi connectivity index (χ3v) is 4.24. The van der Waals surface area contributed by atoms with Crippen molar-refractivity contribution >= 4 is 5.91 Å². The fraction of sp³-hybridized carbons (Fsp3) is 0.600. The van der Waals surface area contributed by atoms with Crippen LogP contribution in [0, 0.1) is 0 Å². The minimum atomic E-state index is -0.238. The lowest BCUT2D eigenvalue weighted by Gasteiger charge is -2.37. The van der Waals surface area contributed by atoms with E-state index in [2.05, 4.69) is 16.0 Å². The molecule has 20 heavy (non-hydrogen) atoms. The van der Waals surface area contributed by atoms with Crippen LogP contribution in [0.5, 0.6) is 0 Å². The van der Waals surface area contributed by atoms with E-state index in [0.29, 0.717) is 13.0 Å². The summed E-state index contributed by atoms with van der Waals surface area (Å²) >= 11 is 0. The Morgan fingerprint density at radius 2 is 2.20 bits per heavy atom. The van der Waals surface area contributed by atoms with Gasteiger partial charge in [0, 0.05) is 38.6 Å². The number of carbonyl (C=O) groups excluding carboxylic acids is 1. The molecule has 0 unspecified atom stereocenters. The van der Waals surface area contributed by atoms with E-state index in [0.717, 1.165) is 32.5 Å². The van der Waals surface area contributed by atoms with E-state index < -0.39 is 0 Å². The monoisotopic (exact) mass is 275 g/mol. The lowest BCUT2D eigenvalue weighted by atomic mass is 9.88. The Morgan fingerprint density at radius 3 is 2.80 bits per heavy atom. The second-order valence-electron chi connectivity index (χ2n) is 5.68. The number of nitrogens with zero attached hydrogens (tertiary/aromatic N) is 3. The Bertz CT molecular complexity index is 469. The predicted octanol–water partition coefficient (Wildman–Crippen LogP) is 1.60. The molecule has 5 heteroatoms. The number of amides is 1. The molecule has 5 nitrogen and oxygen atoms in total. The largest absolute Gasteiger partial charge is 0.299 e. The smallest absolute Gasteiger partial charge is 0.249 e. The van der Waals surface area contributed by atoms with Gasteiger partial charge >= 0.3 is 0 Å². The summed E-state index contributed by atoms with van der Waals surface area (Å²) in [4.78, 5) is 24.3. The van der Waals surface area contributed by atoms with Crippen molar-refractivity contribution < 1.29 is 9.63 Å². The van der Waals surface area contributed by atoms with Crippen molar-refractivity contribution in [2.24, 2.45) is 0 Å². The highest BCUT2D eigenvalue weighted by Gasteiger charge is 2.46. The summed E-state index contributed by atoms with van der Waals surface area (Å²) in [6.07, 6.45) is 6.11. The van der Waals surface area contributed by atoms with Gasteiger partial charge in [-0.05, 0) is 31.4 Å². The van der Waals surface area contributed by atoms with Gasteiger partial charge in [0.2, 0.25) is 5.91 Å². The minimum absolute atomic E-state index is 0.133. The summed E-state index contributed by atoms with van der Waals surface area (Å²) in [5, 5.41) is 1.52. The van der Waals surface area contributed by atoms with E-state index >= 15 is 0 Å². The SMILES string of the molecule is CCN1OC2(CCN(Cc3cccnc3)CC2)CC1=O. The standard InChI is InChI=1S/C15H21N3O2/c1-2-18-14(19)10-15(20-18)5-8-17(9-6-15)12-13-4-3-7-16-11-13/h3-4,7,11H,2,5-6,8-10,12H2,1H3. The van der Waals surface area contributed by atoms with Gasteiger partial charge in [-0.1, -0.05) is 6.07 Å². The van der Waals surface area contributed by atoms with Crippen LogP contribution in [0.2, 0.25) is 0 Å². The molecule has 3 rings (SSSR count). The van der Waals surface area contributed by atoms with Crippen molar-refractivity contribution in [3.63, 3.8) is 0 Å². The van der Waals surface area contributed by atoms with Crippen LogP contribution in [-0.4, -0.2) is 46.1 Å². The highest BCUT2D eigenvalue weighted by atomic mass is 16.7. The Labute approximate surface area is 119 Å². The molecule has 1 amide bonds. The maximum atomic E-state index is 11.8. The summed E-state index contributed by atoms with van der Waals surface area (Å²) in [5.74, 6) is 0.133. The molecule has 0 aliphatic carbocycles. The van der Waals surface area contributed by atoms with Crippen LogP contribution in [0.4, 0.5) is 0 Å². The van der Waals surface area contributed by atoms with E-state index in [-0.39, 0.29) is 11.5 Å². The summed E-state index contributed by atoms with van der Waals surface area (Å²) < 4.78 is 0. The molecule has 3 heterocycles. The summed E-state index contributed by atoms with van der Waals surface area (Å²) in [6.45, 7) is 5.46. The number of hydroxylamine groups is 2. The van der Waals surface area contributed by atoms with E-state index in [1.165, 1.54) is 10.6 Å². The van der Waals surface area contributed by atoms with Gasteiger partial charge in [0.15, 0.2) is 0 Å². The van der Waals surface area contributed by atoms with Crippen molar-refractivity contribution in [3.05, 3.63) is 30.1 Å². The van der Waals surface area contributed by atoms with Gasteiger partial charge in [-0.2, -0.15) is 0 Å². The maximum Gasteiger partial charge on any atom is 0.249 e. The average Bonchev–Trinajstić information content (AvgIpc) is 2.79. The number of piperidine rings is 1. The molecule has 0 N–H and O–H groups in total. The minimum Gasteiger partial charge on any atom is -0.299 e. The zero-order valence-corrected chi connectivity index (χ0v) is 11.9. The van der Waals surface area contributed by atoms with E-state index in [9.17, 15) is 4.79 Å². The normalized spacial score (nSPS) is 22.6. The van der Waals surface area contributed by atoms with Crippen molar-refractivity contribution in [2.45, 2.75) is 38.3 Å². The number of hydrogen-bond donors (Lipinski definition) is 0. The topological polar surface area (TPSA) is 45.7 Å². The van der Waals surface area contributed by atoms with Crippen LogP contribution in [0.3, 0.4) is 0 Å². The molecule has 2 fully saturated rings. The molecule has 1 aromatic rings. The van der Waals surface area contributed by atoms with Crippen molar-refractivity contribution in [3.8, 4) is 0 Å². The van der Waals surface area contributed by atoms with Gasteiger partial charge in [0.05, 0.1) is 6.42 Å². The molecule has 1 spiro atoms. The molecule has 0 aromatic carbocycles. The fourth-order valence-electron chi connectivity index (χ4n) is 3.06. The van der Waals surface area contributed by atoms with Gasteiger partial charge < -0.3 is 0 Å². The molecular formula is C15H21N3O2. The van der Waals surface area contributed by atoms with Crippen molar-refractivity contribution in [2.75, 3.05) is 19.6 Å². The number of pyridine rings is 1. The van der Waals surface area contributed by atoms with Gasteiger partial charge in [-0.3, -0.25) is 19.5 Å². The Morgan fingerprint density at radius 1 is 1.40 bits per heavy atom. The zero-order chi connectivity index (χ0) is 14.0. The fourth-order valence-corrected chi connectivity index (χ4v) is 3.06. The summed E-state index contributed by atoms with van der Waals surface area (Å²) in [5.41, 5.74) is 1.00. The summed E-state index contributed by atoms with van der Waals surface area (Å²) in [6, 6.07) is 4.07. The lowest BCUT2D eigenvalue weighted by Crippen LogP contribution is -2.44. The maximum absolute atomic E-state index is 11.8. The first-order valence-corrected chi connectivity index (χ1v) is 7.31. The molecule has 108 valence electrons. The van der Waals surface area contributed by atoms with Gasteiger partial charge in [-0.15, -0.1) is 0 Å². The van der Waals surface area contributed by atoms with Crippen LogP contribution in [0.1, 0.15) is 31.7 Å². The van der Waals surface area contributed by atoms with Crippen LogP contribution >= 0.6 is 0 Å². The van der Waals surface area contributed by atoms with Crippen LogP contribution in [0.15, 0.2) is 24.5 Å². The molecule has 0 atom stereocenters. The van der Waals surface area contributed by atoms with E-state index in [1.54, 1.807) is 6.20 Å². The predicted molar refractivity (Wildman–Crippen MR) is 74.6 cm³/mol. The second kappa shape index (κ2) is 5.50. The Hall–Kier alpha value is -1.46. The highest BCUT2D eigenvalue weighted by Crippen LogP contribution is 2.36. The third-order valence-electron chi connectivity index (χ3n) is 4.24. The molecule has 0 saturated carbocycles. The highest BCUT2D eigenvalue weighted by molar-refractivity contribution is 5.78. The first-order chi connectivity index (χ1) is 9.71. The average molecular weight is 275 g/mol. The number of likely N-dealkylation sites (tertiary alicyclic amines) is 1. The van der Waals surface area contributed by atoms with Crippen molar-refractivity contribution in [1.29, 1.82) is 0 Å². The molecular weight excluding hydrogens is 254 g/mol. The van der Waals surface area contributed by atoms with Crippen LogP contribution in [-0.2, 0) is 16.2 Å².